The van der Waals surface area contributed by atoms with Crippen LogP contribution < -0.4 is 10.1 Å². The lowest BCUT2D eigenvalue weighted by molar-refractivity contribution is 0.450. The van der Waals surface area contributed by atoms with Gasteiger partial charge in [-0.25, -0.2) is 0 Å². The second kappa shape index (κ2) is 6.68. The summed E-state index contributed by atoms with van der Waals surface area (Å²) in [4.78, 5) is 0. The van der Waals surface area contributed by atoms with Gasteiger partial charge in [-0.15, -0.1) is 5.10 Å². The fraction of sp³-hybridized carbons (Fsp3) is 0.412. The highest BCUT2D eigenvalue weighted by Gasteiger charge is 2.14. The molecule has 2 rings (SSSR count). The highest BCUT2D eigenvalue weighted by atomic mass is 16.5. The van der Waals surface area contributed by atoms with E-state index < -0.39 is 0 Å². The molecule has 0 aliphatic carbocycles. The third-order valence-corrected chi connectivity index (χ3v) is 3.17. The van der Waals surface area contributed by atoms with Crippen LogP contribution in [0.25, 0.3) is 0 Å². The van der Waals surface area contributed by atoms with Gasteiger partial charge in [-0.05, 0) is 35.7 Å². The lowest BCUT2D eigenvalue weighted by Gasteiger charge is -2.19. The first kappa shape index (κ1) is 15.4. The fourth-order valence-corrected chi connectivity index (χ4v) is 1.90. The van der Waals surface area contributed by atoms with Gasteiger partial charge in [0, 0.05) is 12.6 Å². The largest absolute Gasteiger partial charge is 0.438 e. The van der Waals surface area contributed by atoms with Crippen molar-refractivity contribution in [3.8, 4) is 11.6 Å². The predicted molar refractivity (Wildman–Crippen MR) is 84.6 cm³/mol. The summed E-state index contributed by atoms with van der Waals surface area (Å²) in [6, 6.07) is 11.9. The summed E-state index contributed by atoms with van der Waals surface area (Å²) in [6.07, 6.45) is 0. The third-order valence-electron chi connectivity index (χ3n) is 3.17. The summed E-state index contributed by atoms with van der Waals surface area (Å²) in [5.74, 6) is 1.30. The molecule has 0 unspecified atom stereocenters. The quantitative estimate of drug-likeness (QED) is 0.910. The maximum Gasteiger partial charge on any atom is 0.238 e. The molecule has 2 aromatic rings. The standard InChI is InChI=1S/C17H23N3O/c1-5-18-12-14-9-10-16(20-19-14)21-15-8-6-7-13(11-15)17(2,3)4/h6-11,18H,5,12H2,1-4H3. The highest BCUT2D eigenvalue weighted by Crippen LogP contribution is 2.27. The van der Waals surface area contributed by atoms with E-state index in [2.05, 4.69) is 49.3 Å². The minimum Gasteiger partial charge on any atom is -0.438 e. The number of hydrogen-bond donors (Lipinski definition) is 1. The smallest absolute Gasteiger partial charge is 0.238 e. The van der Waals surface area contributed by atoms with Crippen molar-refractivity contribution in [2.24, 2.45) is 0 Å². The van der Waals surface area contributed by atoms with Crippen LogP contribution in [0.5, 0.6) is 11.6 Å². The first-order valence-corrected chi connectivity index (χ1v) is 7.31. The van der Waals surface area contributed by atoms with E-state index in [4.69, 9.17) is 4.74 Å². The van der Waals surface area contributed by atoms with Crippen molar-refractivity contribution in [2.45, 2.75) is 39.7 Å². The monoisotopic (exact) mass is 285 g/mol. The van der Waals surface area contributed by atoms with Crippen molar-refractivity contribution in [3.05, 3.63) is 47.7 Å². The van der Waals surface area contributed by atoms with E-state index >= 15 is 0 Å². The molecule has 0 amide bonds. The minimum atomic E-state index is 0.0979. The summed E-state index contributed by atoms with van der Waals surface area (Å²) >= 11 is 0. The van der Waals surface area contributed by atoms with Crippen molar-refractivity contribution in [2.75, 3.05) is 6.54 Å². The lowest BCUT2D eigenvalue weighted by Crippen LogP contribution is -2.13. The van der Waals surface area contributed by atoms with E-state index in [9.17, 15) is 0 Å². The normalized spacial score (nSPS) is 11.4. The Hall–Kier alpha value is -1.94. The van der Waals surface area contributed by atoms with Crippen LogP contribution in [0.15, 0.2) is 36.4 Å². The van der Waals surface area contributed by atoms with Gasteiger partial charge in [0.15, 0.2) is 0 Å². The van der Waals surface area contributed by atoms with Crippen molar-refractivity contribution < 1.29 is 4.74 Å². The van der Waals surface area contributed by atoms with Gasteiger partial charge in [0.25, 0.3) is 0 Å². The zero-order valence-corrected chi connectivity index (χ0v) is 13.2. The third kappa shape index (κ3) is 4.53. The molecule has 0 aliphatic heterocycles. The molecular formula is C17H23N3O. The molecule has 112 valence electrons. The molecule has 4 heteroatoms. The van der Waals surface area contributed by atoms with Gasteiger partial charge in [-0.3, -0.25) is 0 Å². The van der Waals surface area contributed by atoms with Gasteiger partial charge in [0.05, 0.1) is 5.69 Å². The van der Waals surface area contributed by atoms with Crippen molar-refractivity contribution >= 4 is 0 Å². The van der Waals surface area contributed by atoms with Gasteiger partial charge < -0.3 is 10.1 Å². The molecule has 0 saturated carbocycles. The summed E-state index contributed by atoms with van der Waals surface area (Å²) in [6.45, 7) is 10.3. The Balaban J connectivity index is 2.08. The molecule has 4 nitrogen and oxygen atoms in total. The Bertz CT molecular complexity index is 573. The molecule has 0 aliphatic rings. The molecule has 0 saturated heterocycles. The molecule has 0 spiro atoms. The molecule has 1 aromatic carbocycles. The maximum atomic E-state index is 5.78. The molecule has 21 heavy (non-hydrogen) atoms. The van der Waals surface area contributed by atoms with Gasteiger partial charge in [0.1, 0.15) is 5.75 Å². The van der Waals surface area contributed by atoms with Crippen LogP contribution in [0, 0.1) is 0 Å². The van der Waals surface area contributed by atoms with Crippen molar-refractivity contribution in [1.29, 1.82) is 0 Å². The van der Waals surface area contributed by atoms with Gasteiger partial charge >= 0.3 is 0 Å². The van der Waals surface area contributed by atoms with Crippen LogP contribution in [0.1, 0.15) is 39.0 Å². The second-order valence-electron chi connectivity index (χ2n) is 6.02. The summed E-state index contributed by atoms with van der Waals surface area (Å²) < 4.78 is 5.78. The van der Waals surface area contributed by atoms with Crippen LogP contribution in [0.3, 0.4) is 0 Å². The molecule has 0 atom stereocenters. The number of ether oxygens (including phenoxy) is 1. The Morgan fingerprint density at radius 2 is 1.90 bits per heavy atom. The van der Waals surface area contributed by atoms with Crippen LogP contribution in [0.2, 0.25) is 0 Å². The number of benzene rings is 1. The summed E-state index contributed by atoms with van der Waals surface area (Å²) in [5, 5.41) is 11.5. The van der Waals surface area contributed by atoms with Gasteiger partial charge in [-0.2, -0.15) is 5.10 Å². The number of rotatable bonds is 5. The van der Waals surface area contributed by atoms with E-state index in [0.717, 1.165) is 24.5 Å². The first-order valence-electron chi connectivity index (χ1n) is 7.31. The summed E-state index contributed by atoms with van der Waals surface area (Å²) in [7, 11) is 0. The fourth-order valence-electron chi connectivity index (χ4n) is 1.90. The first-order chi connectivity index (χ1) is 9.99. The number of aromatic nitrogens is 2. The zero-order chi connectivity index (χ0) is 15.3. The molecule has 1 N–H and O–H groups in total. The molecule has 0 radical (unpaired) electrons. The minimum absolute atomic E-state index is 0.0979. The van der Waals surface area contributed by atoms with Crippen LogP contribution in [-0.2, 0) is 12.0 Å². The average molecular weight is 285 g/mol. The maximum absolute atomic E-state index is 5.78. The van der Waals surface area contributed by atoms with Crippen molar-refractivity contribution in [1.82, 2.24) is 15.5 Å². The molecule has 1 heterocycles. The lowest BCUT2D eigenvalue weighted by atomic mass is 9.87. The average Bonchev–Trinajstić information content (AvgIpc) is 2.46. The van der Waals surface area contributed by atoms with E-state index in [-0.39, 0.29) is 5.41 Å². The van der Waals surface area contributed by atoms with Gasteiger partial charge in [-0.1, -0.05) is 39.8 Å². The molecule has 1 aromatic heterocycles. The van der Waals surface area contributed by atoms with Crippen LogP contribution >= 0.6 is 0 Å². The number of hydrogen-bond acceptors (Lipinski definition) is 4. The van der Waals surface area contributed by atoms with E-state index in [1.807, 2.05) is 30.3 Å². The topological polar surface area (TPSA) is 47.0 Å². The molecule has 0 bridgehead atoms. The molecule has 0 fully saturated rings. The van der Waals surface area contributed by atoms with Crippen LogP contribution in [-0.4, -0.2) is 16.7 Å². The Kier molecular flexibility index (Phi) is 4.91. The summed E-state index contributed by atoms with van der Waals surface area (Å²) in [5.41, 5.74) is 2.24. The zero-order valence-electron chi connectivity index (χ0n) is 13.2. The van der Waals surface area contributed by atoms with E-state index in [1.165, 1.54) is 5.56 Å². The van der Waals surface area contributed by atoms with Gasteiger partial charge in [0.2, 0.25) is 5.88 Å². The van der Waals surface area contributed by atoms with E-state index in [0.29, 0.717) is 5.88 Å². The van der Waals surface area contributed by atoms with Crippen molar-refractivity contribution in [3.63, 3.8) is 0 Å². The highest BCUT2D eigenvalue weighted by molar-refractivity contribution is 5.34. The molecular weight excluding hydrogens is 262 g/mol. The SMILES string of the molecule is CCNCc1ccc(Oc2cccc(C(C)(C)C)c2)nn1. The Labute approximate surface area is 126 Å². The number of nitrogens with zero attached hydrogens (tertiary/aromatic N) is 2. The second-order valence-corrected chi connectivity index (χ2v) is 6.02. The van der Waals surface area contributed by atoms with Crippen LogP contribution in [0.4, 0.5) is 0 Å². The Morgan fingerprint density at radius 1 is 1.10 bits per heavy atom. The number of nitrogens with one attached hydrogen (secondary N) is 1. The predicted octanol–water partition coefficient (Wildman–Crippen LogP) is 3.68. The Morgan fingerprint density at radius 3 is 2.52 bits per heavy atom. The van der Waals surface area contributed by atoms with E-state index in [1.54, 1.807) is 0 Å².